The van der Waals surface area contributed by atoms with Crippen LogP contribution in [0.4, 0.5) is 5.69 Å². The molecule has 0 bridgehead atoms. The number of esters is 1. The molecule has 7 nitrogen and oxygen atoms in total. The Balaban J connectivity index is 2.08. The minimum Gasteiger partial charge on any atom is -0.449 e. The Kier molecular flexibility index (Phi) is 6.83. The molecular formula is C17H16Cl2N2O5S. The van der Waals surface area contributed by atoms with E-state index in [1.165, 1.54) is 50.4 Å². The van der Waals surface area contributed by atoms with Gasteiger partial charge in [0.2, 0.25) is 10.0 Å². The van der Waals surface area contributed by atoms with Crippen molar-refractivity contribution in [2.45, 2.75) is 17.9 Å². The number of carbonyl (C=O) groups is 2. The number of benzene rings is 2. The first-order valence-electron chi connectivity index (χ1n) is 7.64. The highest BCUT2D eigenvalue weighted by atomic mass is 35.5. The zero-order valence-corrected chi connectivity index (χ0v) is 16.7. The fourth-order valence-electron chi connectivity index (χ4n) is 2.06. The lowest BCUT2D eigenvalue weighted by molar-refractivity contribution is -0.123. The highest BCUT2D eigenvalue weighted by Crippen LogP contribution is 2.22. The first-order valence-corrected chi connectivity index (χ1v) is 9.88. The molecule has 2 aromatic rings. The molecule has 2 aromatic carbocycles. The lowest BCUT2D eigenvalue weighted by Gasteiger charge is -2.14. The smallest absolute Gasteiger partial charge is 0.338 e. The number of anilines is 1. The molecule has 1 amide bonds. The molecule has 10 heteroatoms. The molecule has 2 rings (SSSR count). The number of hydrogen-bond acceptors (Lipinski definition) is 5. The number of amides is 1. The molecule has 0 saturated heterocycles. The van der Waals surface area contributed by atoms with Gasteiger partial charge in [-0.05, 0) is 50.4 Å². The van der Waals surface area contributed by atoms with E-state index in [0.717, 1.165) is 6.07 Å². The van der Waals surface area contributed by atoms with Crippen LogP contribution in [-0.4, -0.2) is 33.4 Å². The van der Waals surface area contributed by atoms with Gasteiger partial charge in [-0.2, -0.15) is 0 Å². The second kappa shape index (κ2) is 8.71. The van der Waals surface area contributed by atoms with Gasteiger partial charge in [0.1, 0.15) is 0 Å². The van der Waals surface area contributed by atoms with E-state index in [1.807, 2.05) is 0 Å². The van der Waals surface area contributed by atoms with Crippen molar-refractivity contribution in [3.05, 3.63) is 58.1 Å². The highest BCUT2D eigenvalue weighted by molar-refractivity contribution is 7.89. The predicted molar refractivity (Wildman–Crippen MR) is 103 cm³/mol. The highest BCUT2D eigenvalue weighted by Gasteiger charge is 2.21. The van der Waals surface area contributed by atoms with Crippen molar-refractivity contribution in [2.75, 3.05) is 12.4 Å². The van der Waals surface area contributed by atoms with Crippen LogP contribution < -0.4 is 10.0 Å². The van der Waals surface area contributed by atoms with Crippen molar-refractivity contribution < 1.29 is 22.7 Å². The number of rotatable bonds is 6. The maximum absolute atomic E-state index is 12.2. The molecule has 0 heterocycles. The quantitative estimate of drug-likeness (QED) is 0.685. The molecule has 0 unspecified atom stereocenters. The van der Waals surface area contributed by atoms with E-state index in [9.17, 15) is 18.0 Å². The van der Waals surface area contributed by atoms with E-state index >= 15 is 0 Å². The van der Waals surface area contributed by atoms with Gasteiger partial charge in [-0.15, -0.1) is 0 Å². The number of halogens is 2. The summed E-state index contributed by atoms with van der Waals surface area (Å²) in [5, 5.41) is 3.21. The Morgan fingerprint density at radius 3 is 2.30 bits per heavy atom. The van der Waals surface area contributed by atoms with Crippen LogP contribution in [0.2, 0.25) is 10.0 Å². The molecule has 27 heavy (non-hydrogen) atoms. The van der Waals surface area contributed by atoms with Crippen molar-refractivity contribution >= 4 is 50.8 Å². The molecule has 144 valence electrons. The number of ether oxygens (including phenoxy) is 1. The van der Waals surface area contributed by atoms with Gasteiger partial charge in [0, 0.05) is 15.7 Å². The standard InChI is InChI=1S/C17H16Cl2N2O5S/c1-10(16(22)21-14-8-12(18)7-13(19)9-14)26-17(23)11-4-3-5-15(6-11)27(24,25)20-2/h3-10,20H,1-2H3,(H,21,22)/t10-/m1/s1. The van der Waals surface area contributed by atoms with Crippen molar-refractivity contribution in [2.24, 2.45) is 0 Å². The predicted octanol–water partition coefficient (Wildman–Crippen LogP) is 3.09. The molecule has 1 atom stereocenters. The van der Waals surface area contributed by atoms with E-state index in [1.54, 1.807) is 0 Å². The van der Waals surface area contributed by atoms with Crippen LogP contribution >= 0.6 is 23.2 Å². The Morgan fingerprint density at radius 2 is 1.70 bits per heavy atom. The SMILES string of the molecule is CNS(=O)(=O)c1cccc(C(=O)O[C@H](C)C(=O)Nc2cc(Cl)cc(Cl)c2)c1. The summed E-state index contributed by atoms with van der Waals surface area (Å²) >= 11 is 11.7. The first kappa shape index (κ1) is 21.2. The third-order valence-electron chi connectivity index (χ3n) is 3.43. The van der Waals surface area contributed by atoms with Crippen LogP contribution in [0.3, 0.4) is 0 Å². The minimum absolute atomic E-state index is 0.00299. The Bertz CT molecular complexity index is 959. The summed E-state index contributed by atoms with van der Waals surface area (Å²) in [4.78, 5) is 24.3. The zero-order chi connectivity index (χ0) is 20.2. The van der Waals surface area contributed by atoms with E-state index in [0.29, 0.717) is 15.7 Å². The van der Waals surface area contributed by atoms with Gasteiger partial charge in [0.05, 0.1) is 10.5 Å². The molecule has 0 aromatic heterocycles. The number of nitrogens with one attached hydrogen (secondary N) is 2. The molecule has 0 fully saturated rings. The van der Waals surface area contributed by atoms with E-state index < -0.39 is 28.0 Å². The average Bonchev–Trinajstić information content (AvgIpc) is 2.60. The van der Waals surface area contributed by atoms with Crippen molar-refractivity contribution in [1.82, 2.24) is 4.72 Å². The second-order valence-electron chi connectivity index (χ2n) is 5.43. The third kappa shape index (κ3) is 5.67. The molecular weight excluding hydrogens is 415 g/mol. The molecule has 0 aliphatic rings. The summed E-state index contributed by atoms with van der Waals surface area (Å²) in [6, 6.07) is 9.78. The van der Waals surface area contributed by atoms with Gasteiger partial charge in [-0.25, -0.2) is 17.9 Å². The summed E-state index contributed by atoms with van der Waals surface area (Å²) in [6.45, 7) is 1.38. The topological polar surface area (TPSA) is 102 Å². The summed E-state index contributed by atoms with van der Waals surface area (Å²) in [6.07, 6.45) is -1.14. The van der Waals surface area contributed by atoms with Gasteiger partial charge in [-0.3, -0.25) is 4.79 Å². The third-order valence-corrected chi connectivity index (χ3v) is 5.28. The Hall–Kier alpha value is -2.13. The number of carbonyl (C=O) groups excluding carboxylic acids is 2. The molecule has 0 spiro atoms. The Labute approximate surface area is 166 Å². The van der Waals surface area contributed by atoms with Crippen LogP contribution in [0.25, 0.3) is 0 Å². The fourth-order valence-corrected chi connectivity index (χ4v) is 3.36. The largest absolute Gasteiger partial charge is 0.449 e. The zero-order valence-electron chi connectivity index (χ0n) is 14.3. The average molecular weight is 431 g/mol. The molecule has 0 aliphatic heterocycles. The Morgan fingerprint density at radius 1 is 1.07 bits per heavy atom. The van der Waals surface area contributed by atoms with Crippen LogP contribution in [0, 0.1) is 0 Å². The normalized spacial score (nSPS) is 12.3. The van der Waals surface area contributed by atoms with Crippen LogP contribution in [-0.2, 0) is 19.6 Å². The van der Waals surface area contributed by atoms with E-state index in [-0.39, 0.29) is 10.5 Å². The van der Waals surface area contributed by atoms with Gasteiger partial charge in [0.25, 0.3) is 5.91 Å². The molecule has 0 radical (unpaired) electrons. The maximum Gasteiger partial charge on any atom is 0.338 e. The summed E-state index contributed by atoms with van der Waals surface area (Å²) < 4.78 is 30.9. The minimum atomic E-state index is -3.71. The molecule has 0 saturated carbocycles. The first-order chi connectivity index (χ1) is 12.6. The monoisotopic (exact) mass is 430 g/mol. The molecule has 0 aliphatic carbocycles. The van der Waals surface area contributed by atoms with Crippen molar-refractivity contribution in [3.63, 3.8) is 0 Å². The van der Waals surface area contributed by atoms with E-state index in [2.05, 4.69) is 10.0 Å². The van der Waals surface area contributed by atoms with Gasteiger partial charge >= 0.3 is 5.97 Å². The lowest BCUT2D eigenvalue weighted by atomic mass is 10.2. The van der Waals surface area contributed by atoms with Crippen LogP contribution in [0.15, 0.2) is 47.4 Å². The number of hydrogen-bond donors (Lipinski definition) is 2. The lowest BCUT2D eigenvalue weighted by Crippen LogP contribution is -2.30. The van der Waals surface area contributed by atoms with Gasteiger partial charge in [-0.1, -0.05) is 29.3 Å². The number of sulfonamides is 1. The van der Waals surface area contributed by atoms with Crippen molar-refractivity contribution in [3.8, 4) is 0 Å². The summed E-state index contributed by atoms with van der Waals surface area (Å²) in [5.74, 6) is -1.43. The summed E-state index contributed by atoms with van der Waals surface area (Å²) in [5.41, 5.74) is 0.347. The van der Waals surface area contributed by atoms with Crippen LogP contribution in [0.5, 0.6) is 0 Å². The van der Waals surface area contributed by atoms with Crippen molar-refractivity contribution in [1.29, 1.82) is 0 Å². The van der Waals surface area contributed by atoms with Gasteiger partial charge < -0.3 is 10.1 Å². The van der Waals surface area contributed by atoms with Crippen LogP contribution in [0.1, 0.15) is 17.3 Å². The maximum atomic E-state index is 12.2. The second-order valence-corrected chi connectivity index (χ2v) is 8.19. The van der Waals surface area contributed by atoms with E-state index in [4.69, 9.17) is 27.9 Å². The van der Waals surface area contributed by atoms with Gasteiger partial charge in [0.15, 0.2) is 6.10 Å². The fraction of sp³-hybridized carbons (Fsp3) is 0.176. The molecule has 2 N–H and O–H groups in total. The summed E-state index contributed by atoms with van der Waals surface area (Å²) in [7, 11) is -2.45.